The van der Waals surface area contributed by atoms with Gasteiger partial charge in [0, 0.05) is 32.1 Å². The van der Waals surface area contributed by atoms with E-state index in [2.05, 4.69) is 16.0 Å². The minimum Gasteiger partial charge on any atom is -0.309 e. The van der Waals surface area contributed by atoms with Crippen LogP contribution in [0.4, 0.5) is 0 Å². The monoisotopic (exact) mass is 268 g/mol. The third-order valence-electron chi connectivity index (χ3n) is 1.26. The van der Waals surface area contributed by atoms with Crippen molar-refractivity contribution in [3.05, 3.63) is 0 Å². The fraction of sp³-hybridized carbons (Fsp3) is 0.667. The van der Waals surface area contributed by atoms with E-state index >= 15 is 0 Å². The summed E-state index contributed by atoms with van der Waals surface area (Å²) < 4.78 is 0. The molecule has 0 heterocycles. The lowest BCUT2D eigenvalue weighted by Crippen LogP contribution is -2.22. The molecule has 0 bridgehead atoms. The average molecular weight is 268 g/mol. The van der Waals surface area contributed by atoms with Gasteiger partial charge in [0.1, 0.15) is 6.29 Å². The van der Waals surface area contributed by atoms with Gasteiger partial charge in [-0.3, -0.25) is 11.3 Å². The number of aldehydes is 1. The standard InChI is InChI=1S/C6H11N3.C3H7N3.C3H6O/c1-2-5-8-9-6-3-4-7;4-2-1-3-6-5;1-2-3-4/h5,9H,2-3,6H2,1H3;6H,1,3,5H2;3H,2H2,1H3/b8-5+;;. The first-order chi connectivity index (χ1) is 9.24. The number of nitriles is 2. The number of hydrogen-bond donors (Lipinski definition) is 3. The summed E-state index contributed by atoms with van der Waals surface area (Å²) in [5.41, 5.74) is 5.08. The molecule has 0 aromatic carbocycles. The molecule has 0 aromatic heterocycles. The molecule has 0 aliphatic rings. The van der Waals surface area contributed by atoms with Crippen molar-refractivity contribution in [2.45, 2.75) is 39.5 Å². The number of hydrazine groups is 1. The van der Waals surface area contributed by atoms with Gasteiger partial charge < -0.3 is 10.2 Å². The molecule has 0 spiro atoms. The molecule has 0 rings (SSSR count). The zero-order valence-electron chi connectivity index (χ0n) is 11.7. The molecule has 0 saturated heterocycles. The Morgan fingerprint density at radius 2 is 1.68 bits per heavy atom. The van der Waals surface area contributed by atoms with E-state index in [9.17, 15) is 4.79 Å². The molecular formula is C12H24N6O. The number of carbonyl (C=O) groups is 1. The van der Waals surface area contributed by atoms with Crippen LogP contribution in [0.25, 0.3) is 0 Å². The zero-order chi connectivity index (χ0) is 15.2. The highest BCUT2D eigenvalue weighted by Gasteiger charge is 1.76. The van der Waals surface area contributed by atoms with Crippen LogP contribution in [-0.4, -0.2) is 25.6 Å². The molecule has 0 atom stereocenters. The normalized spacial score (nSPS) is 8.05. The van der Waals surface area contributed by atoms with Crippen molar-refractivity contribution < 1.29 is 4.79 Å². The lowest BCUT2D eigenvalue weighted by atomic mass is 10.5. The zero-order valence-corrected chi connectivity index (χ0v) is 11.7. The first kappa shape index (κ1) is 22.2. The summed E-state index contributed by atoms with van der Waals surface area (Å²) in [5, 5.41) is 19.7. The molecule has 4 N–H and O–H groups in total. The van der Waals surface area contributed by atoms with Crippen molar-refractivity contribution in [2.75, 3.05) is 13.1 Å². The Labute approximate surface area is 115 Å². The topological polar surface area (TPSA) is 127 Å². The van der Waals surface area contributed by atoms with Crippen LogP contribution in [-0.2, 0) is 4.79 Å². The molecule has 7 nitrogen and oxygen atoms in total. The molecule has 0 amide bonds. The van der Waals surface area contributed by atoms with Crippen molar-refractivity contribution in [2.24, 2.45) is 10.9 Å². The van der Waals surface area contributed by atoms with Crippen LogP contribution < -0.4 is 16.7 Å². The van der Waals surface area contributed by atoms with E-state index in [1.165, 1.54) is 0 Å². The number of hydrogen-bond acceptors (Lipinski definition) is 7. The van der Waals surface area contributed by atoms with Crippen molar-refractivity contribution >= 4 is 12.5 Å². The van der Waals surface area contributed by atoms with Crippen LogP contribution in [0.15, 0.2) is 5.10 Å². The Bertz CT molecular complexity index is 266. The molecular weight excluding hydrogens is 244 g/mol. The highest BCUT2D eigenvalue weighted by molar-refractivity contribution is 5.55. The van der Waals surface area contributed by atoms with Gasteiger partial charge in [-0.15, -0.1) is 0 Å². The summed E-state index contributed by atoms with van der Waals surface area (Å²) in [4.78, 5) is 9.17. The van der Waals surface area contributed by atoms with Crippen molar-refractivity contribution in [1.82, 2.24) is 10.9 Å². The maximum Gasteiger partial charge on any atom is 0.119 e. The Balaban J connectivity index is -0.000000222. The minimum atomic E-state index is 0.483. The molecule has 0 aromatic rings. The van der Waals surface area contributed by atoms with Crippen molar-refractivity contribution in [3.8, 4) is 12.1 Å². The second-order valence-electron chi connectivity index (χ2n) is 2.97. The maximum absolute atomic E-state index is 9.17. The SMILES string of the molecule is CC/C=N/NCCC#N.CCC=O.N#CCCNN. The summed E-state index contributed by atoms with van der Waals surface area (Å²) in [6.45, 7) is 5.05. The fourth-order valence-corrected chi connectivity index (χ4v) is 0.460. The van der Waals surface area contributed by atoms with Gasteiger partial charge in [-0.05, 0) is 6.42 Å². The van der Waals surface area contributed by atoms with E-state index in [1.807, 2.05) is 26.0 Å². The largest absolute Gasteiger partial charge is 0.309 e. The van der Waals surface area contributed by atoms with E-state index in [0.717, 1.165) is 12.7 Å². The Morgan fingerprint density at radius 3 is 2.00 bits per heavy atom. The van der Waals surface area contributed by atoms with E-state index in [4.69, 9.17) is 16.4 Å². The predicted molar refractivity (Wildman–Crippen MR) is 75.8 cm³/mol. The molecule has 0 aliphatic heterocycles. The number of nitrogens with zero attached hydrogens (tertiary/aromatic N) is 3. The molecule has 0 radical (unpaired) electrons. The Kier molecular flexibility index (Phi) is 34.8. The minimum absolute atomic E-state index is 0.483. The van der Waals surface area contributed by atoms with Crippen LogP contribution >= 0.6 is 0 Å². The second-order valence-corrected chi connectivity index (χ2v) is 2.97. The van der Waals surface area contributed by atoms with E-state index < -0.39 is 0 Å². The van der Waals surface area contributed by atoms with Gasteiger partial charge in [0.15, 0.2) is 0 Å². The molecule has 0 aliphatic carbocycles. The lowest BCUT2D eigenvalue weighted by Gasteiger charge is -1.90. The van der Waals surface area contributed by atoms with E-state index in [-0.39, 0.29) is 0 Å². The highest BCUT2D eigenvalue weighted by atomic mass is 16.1. The van der Waals surface area contributed by atoms with Crippen LogP contribution in [0.1, 0.15) is 39.5 Å². The van der Waals surface area contributed by atoms with Gasteiger partial charge in [0.2, 0.25) is 0 Å². The van der Waals surface area contributed by atoms with Gasteiger partial charge >= 0.3 is 0 Å². The molecule has 108 valence electrons. The number of hydrazone groups is 1. The van der Waals surface area contributed by atoms with Crippen LogP contribution in [0.3, 0.4) is 0 Å². The number of nitrogens with one attached hydrogen (secondary N) is 2. The quantitative estimate of drug-likeness (QED) is 0.206. The molecule has 0 unspecified atom stereocenters. The fourth-order valence-electron chi connectivity index (χ4n) is 0.460. The molecule has 7 heteroatoms. The number of rotatable bonds is 7. The molecule has 0 saturated carbocycles. The number of nitrogens with two attached hydrogens (primary N) is 1. The summed E-state index contributed by atoms with van der Waals surface area (Å²) in [6.07, 6.45) is 5.22. The van der Waals surface area contributed by atoms with Gasteiger partial charge in [0.05, 0.1) is 18.6 Å². The maximum atomic E-state index is 9.17. The highest BCUT2D eigenvalue weighted by Crippen LogP contribution is 1.70. The van der Waals surface area contributed by atoms with E-state index in [1.54, 1.807) is 6.21 Å². The Hall–Kier alpha value is -1.96. The summed E-state index contributed by atoms with van der Waals surface area (Å²) in [5.74, 6) is 4.81. The van der Waals surface area contributed by atoms with Crippen molar-refractivity contribution in [3.63, 3.8) is 0 Å². The third kappa shape index (κ3) is 48.9. The van der Waals surface area contributed by atoms with Crippen molar-refractivity contribution in [1.29, 1.82) is 10.5 Å². The van der Waals surface area contributed by atoms with Gasteiger partial charge in [0.25, 0.3) is 0 Å². The first-order valence-electron chi connectivity index (χ1n) is 6.10. The molecule has 0 fully saturated rings. The average Bonchev–Trinajstić information content (AvgIpc) is 2.46. The first-order valence-corrected chi connectivity index (χ1v) is 6.10. The second kappa shape index (κ2) is 29.8. The number of carbonyl (C=O) groups excluding carboxylic acids is 1. The van der Waals surface area contributed by atoms with Gasteiger partial charge in [-0.25, -0.2) is 0 Å². The van der Waals surface area contributed by atoms with Crippen LogP contribution in [0.2, 0.25) is 0 Å². The van der Waals surface area contributed by atoms with Crippen LogP contribution in [0.5, 0.6) is 0 Å². The predicted octanol–water partition coefficient (Wildman–Crippen LogP) is 0.844. The van der Waals surface area contributed by atoms with E-state index in [0.29, 0.717) is 32.4 Å². The van der Waals surface area contributed by atoms with Gasteiger partial charge in [-0.1, -0.05) is 13.8 Å². The lowest BCUT2D eigenvalue weighted by molar-refractivity contribution is -0.107. The van der Waals surface area contributed by atoms with Crippen LogP contribution in [0, 0.1) is 22.7 Å². The third-order valence-corrected chi connectivity index (χ3v) is 1.26. The summed E-state index contributed by atoms with van der Waals surface area (Å²) in [6, 6.07) is 3.93. The summed E-state index contributed by atoms with van der Waals surface area (Å²) >= 11 is 0. The summed E-state index contributed by atoms with van der Waals surface area (Å²) in [7, 11) is 0. The van der Waals surface area contributed by atoms with Gasteiger partial charge in [-0.2, -0.15) is 15.6 Å². The molecule has 19 heavy (non-hydrogen) atoms. The smallest absolute Gasteiger partial charge is 0.119 e. The Morgan fingerprint density at radius 1 is 1.16 bits per heavy atom.